The molecule has 0 unspecified atom stereocenters. The summed E-state index contributed by atoms with van der Waals surface area (Å²) in [5, 5.41) is 0. The molecular formula is C9H19NO2Si. The van der Waals surface area contributed by atoms with Gasteiger partial charge in [0.2, 0.25) is 0 Å². The number of carbonyl (C=O) groups excluding carboxylic acids is 1. The van der Waals surface area contributed by atoms with Gasteiger partial charge < -0.3 is 9.30 Å². The quantitative estimate of drug-likeness (QED) is 0.511. The molecule has 0 saturated carbocycles. The lowest BCUT2D eigenvalue weighted by molar-refractivity contribution is -0.143. The fourth-order valence-electron chi connectivity index (χ4n) is 1.82. The third-order valence-corrected chi connectivity index (χ3v) is 6.37. The van der Waals surface area contributed by atoms with Gasteiger partial charge in [-0.05, 0) is 25.9 Å². The molecule has 0 atom stereocenters. The average molecular weight is 201 g/mol. The first-order chi connectivity index (χ1) is 6.06. The third-order valence-electron chi connectivity index (χ3n) is 2.70. The molecule has 0 aromatic rings. The van der Waals surface area contributed by atoms with Gasteiger partial charge in [0.05, 0.1) is 13.2 Å². The first kappa shape index (κ1) is 10.7. The highest BCUT2D eigenvalue weighted by molar-refractivity contribution is 6.75. The maximum Gasteiger partial charge on any atom is 0.319 e. The summed E-state index contributed by atoms with van der Waals surface area (Å²) in [6, 6.07) is 1.31. The smallest absolute Gasteiger partial charge is 0.319 e. The Morgan fingerprint density at radius 3 is 2.69 bits per heavy atom. The summed E-state index contributed by atoms with van der Waals surface area (Å²) >= 11 is 0. The largest absolute Gasteiger partial charge is 0.465 e. The number of ether oxygens (including phenoxy) is 1. The van der Waals surface area contributed by atoms with Crippen LogP contribution in [0.2, 0.25) is 19.1 Å². The van der Waals surface area contributed by atoms with Crippen molar-refractivity contribution in [3.8, 4) is 0 Å². The van der Waals surface area contributed by atoms with E-state index in [2.05, 4.69) is 17.7 Å². The van der Waals surface area contributed by atoms with Crippen molar-refractivity contribution in [3.63, 3.8) is 0 Å². The van der Waals surface area contributed by atoms with E-state index in [4.69, 9.17) is 4.74 Å². The minimum absolute atomic E-state index is 0.0648. The van der Waals surface area contributed by atoms with Crippen LogP contribution in [0.5, 0.6) is 0 Å². The van der Waals surface area contributed by atoms with E-state index in [1.54, 1.807) is 0 Å². The van der Waals surface area contributed by atoms with Gasteiger partial charge in [-0.25, -0.2) is 0 Å². The summed E-state index contributed by atoms with van der Waals surface area (Å²) in [5.74, 6) is -0.0648. The zero-order chi connectivity index (χ0) is 9.90. The molecule has 1 aliphatic heterocycles. The van der Waals surface area contributed by atoms with Crippen LogP contribution in [-0.4, -0.2) is 38.5 Å². The van der Waals surface area contributed by atoms with Crippen LogP contribution in [0.1, 0.15) is 13.3 Å². The van der Waals surface area contributed by atoms with Crippen molar-refractivity contribution in [1.82, 2.24) is 4.57 Å². The number of rotatable bonds is 3. The van der Waals surface area contributed by atoms with Crippen molar-refractivity contribution in [1.29, 1.82) is 0 Å². The van der Waals surface area contributed by atoms with Crippen LogP contribution in [0.25, 0.3) is 0 Å². The lowest BCUT2D eigenvalue weighted by Crippen LogP contribution is -2.46. The van der Waals surface area contributed by atoms with E-state index in [-0.39, 0.29) is 5.97 Å². The molecule has 0 aromatic carbocycles. The molecule has 0 radical (unpaired) electrons. The third kappa shape index (κ3) is 2.81. The Balaban J connectivity index is 2.40. The Morgan fingerprint density at radius 2 is 2.23 bits per heavy atom. The van der Waals surface area contributed by atoms with Crippen LogP contribution in [-0.2, 0) is 9.53 Å². The summed E-state index contributed by atoms with van der Waals surface area (Å²) in [6.45, 7) is 8.57. The van der Waals surface area contributed by atoms with Crippen LogP contribution in [0.15, 0.2) is 0 Å². The maximum absolute atomic E-state index is 11.2. The second-order valence-corrected chi connectivity index (χ2v) is 8.90. The van der Waals surface area contributed by atoms with Crippen LogP contribution in [0.3, 0.4) is 0 Å². The summed E-state index contributed by atoms with van der Waals surface area (Å²) in [6.07, 6.45) is 1.25. The predicted molar refractivity (Wildman–Crippen MR) is 55.1 cm³/mol. The molecule has 1 fully saturated rings. The number of esters is 1. The second kappa shape index (κ2) is 4.24. The fraction of sp³-hybridized carbons (Fsp3) is 0.889. The van der Waals surface area contributed by atoms with Crippen molar-refractivity contribution in [2.45, 2.75) is 32.5 Å². The maximum atomic E-state index is 11.2. The van der Waals surface area contributed by atoms with Gasteiger partial charge in [-0.2, -0.15) is 0 Å². The second-order valence-electron chi connectivity index (χ2n) is 4.14. The first-order valence-electron chi connectivity index (χ1n) is 4.97. The summed E-state index contributed by atoms with van der Waals surface area (Å²) in [4.78, 5) is 11.2. The van der Waals surface area contributed by atoms with Gasteiger partial charge in [0.25, 0.3) is 0 Å². The summed E-state index contributed by atoms with van der Waals surface area (Å²) in [7, 11) is -1.23. The molecule has 0 amide bonds. The van der Waals surface area contributed by atoms with E-state index >= 15 is 0 Å². The Hall–Kier alpha value is -0.353. The molecular weight excluding hydrogens is 182 g/mol. The van der Waals surface area contributed by atoms with E-state index < -0.39 is 8.24 Å². The van der Waals surface area contributed by atoms with E-state index in [0.29, 0.717) is 13.2 Å². The highest BCUT2D eigenvalue weighted by Crippen LogP contribution is 2.24. The Labute approximate surface area is 81.1 Å². The normalized spacial score (nSPS) is 21.8. The van der Waals surface area contributed by atoms with Gasteiger partial charge >= 0.3 is 5.97 Å². The van der Waals surface area contributed by atoms with Gasteiger partial charge in [-0.3, -0.25) is 4.79 Å². The zero-order valence-electron chi connectivity index (χ0n) is 8.80. The van der Waals surface area contributed by atoms with Gasteiger partial charge in [0.15, 0.2) is 0 Å². The molecule has 1 heterocycles. The molecule has 0 spiro atoms. The van der Waals surface area contributed by atoms with Crippen molar-refractivity contribution < 1.29 is 9.53 Å². The Bertz CT molecular complexity index is 194. The molecule has 1 saturated heterocycles. The molecule has 0 aliphatic carbocycles. The van der Waals surface area contributed by atoms with Gasteiger partial charge in [0.1, 0.15) is 8.24 Å². The van der Waals surface area contributed by atoms with Crippen molar-refractivity contribution in [3.05, 3.63) is 0 Å². The minimum Gasteiger partial charge on any atom is -0.465 e. The minimum atomic E-state index is -1.23. The predicted octanol–water partition coefficient (Wildman–Crippen LogP) is 1.46. The molecule has 13 heavy (non-hydrogen) atoms. The van der Waals surface area contributed by atoms with E-state index in [1.165, 1.54) is 12.5 Å². The number of carbonyl (C=O) groups is 1. The lowest BCUT2D eigenvalue weighted by atomic mass is 10.5. The molecule has 1 aliphatic rings. The monoisotopic (exact) mass is 201 g/mol. The van der Waals surface area contributed by atoms with E-state index in [0.717, 1.165) is 6.54 Å². The average Bonchev–Trinajstić information content (AvgIpc) is 2.31. The lowest BCUT2D eigenvalue weighted by Gasteiger charge is -2.28. The van der Waals surface area contributed by atoms with Crippen molar-refractivity contribution >= 4 is 14.2 Å². The number of hydrogen-bond donors (Lipinski definition) is 0. The van der Waals surface area contributed by atoms with Crippen molar-refractivity contribution in [2.75, 3.05) is 19.7 Å². The van der Waals surface area contributed by atoms with Crippen LogP contribution < -0.4 is 0 Å². The van der Waals surface area contributed by atoms with Crippen molar-refractivity contribution in [2.24, 2.45) is 0 Å². The molecule has 0 bridgehead atoms. The topological polar surface area (TPSA) is 29.5 Å². The molecule has 1 rings (SSSR count). The molecule has 76 valence electrons. The fourth-order valence-corrected chi connectivity index (χ4v) is 4.48. The SMILES string of the molecule is CCOC(=O)CN1CCC[Si]1(C)C. The van der Waals surface area contributed by atoms with E-state index in [9.17, 15) is 4.79 Å². The molecule has 4 heteroatoms. The molecule has 0 aromatic heterocycles. The van der Waals surface area contributed by atoms with Crippen LogP contribution >= 0.6 is 0 Å². The molecule has 0 N–H and O–H groups in total. The summed E-state index contributed by atoms with van der Waals surface area (Å²) < 4.78 is 7.28. The first-order valence-corrected chi connectivity index (χ1v) is 8.12. The highest BCUT2D eigenvalue weighted by atomic mass is 28.3. The number of hydrogen-bond acceptors (Lipinski definition) is 3. The zero-order valence-corrected chi connectivity index (χ0v) is 9.80. The van der Waals surface area contributed by atoms with Gasteiger partial charge in [0, 0.05) is 0 Å². The Morgan fingerprint density at radius 1 is 1.54 bits per heavy atom. The highest BCUT2D eigenvalue weighted by Gasteiger charge is 2.35. The van der Waals surface area contributed by atoms with E-state index in [1.807, 2.05) is 6.92 Å². The van der Waals surface area contributed by atoms with Crippen LogP contribution in [0.4, 0.5) is 0 Å². The molecule has 3 nitrogen and oxygen atoms in total. The van der Waals surface area contributed by atoms with Gasteiger partial charge in [-0.1, -0.05) is 13.1 Å². The Kier molecular flexibility index (Phi) is 3.50. The standard InChI is InChI=1S/C9H19NO2Si/c1-4-12-9(11)8-10-6-5-7-13(10,2)3/h4-8H2,1-3H3. The van der Waals surface area contributed by atoms with Gasteiger partial charge in [-0.15, -0.1) is 0 Å². The van der Waals surface area contributed by atoms with Crippen LogP contribution in [0, 0.1) is 0 Å². The summed E-state index contributed by atoms with van der Waals surface area (Å²) in [5.41, 5.74) is 0. The number of nitrogens with zero attached hydrogens (tertiary/aromatic N) is 1.